The predicted molar refractivity (Wildman–Crippen MR) is 78.2 cm³/mol. The van der Waals surface area contributed by atoms with Crippen LogP contribution in [0.25, 0.3) is 0 Å². The molecule has 8 heteroatoms. The van der Waals surface area contributed by atoms with Crippen LogP contribution in [0.3, 0.4) is 0 Å². The van der Waals surface area contributed by atoms with Crippen LogP contribution < -0.4 is 9.86 Å². The van der Waals surface area contributed by atoms with Gasteiger partial charge in [0.1, 0.15) is 0 Å². The fourth-order valence-corrected chi connectivity index (χ4v) is 3.34. The van der Waals surface area contributed by atoms with E-state index in [0.29, 0.717) is 19.4 Å². The van der Waals surface area contributed by atoms with E-state index in [4.69, 9.17) is 5.14 Å². The Labute approximate surface area is 120 Å². The van der Waals surface area contributed by atoms with Gasteiger partial charge in [-0.25, -0.2) is 26.7 Å². The van der Waals surface area contributed by atoms with Crippen LogP contribution in [0.15, 0.2) is 29.2 Å². The number of sulfonamides is 2. The summed E-state index contributed by atoms with van der Waals surface area (Å²) in [6, 6.07) is 6.08. The van der Waals surface area contributed by atoms with Gasteiger partial charge in [0, 0.05) is 6.54 Å². The lowest BCUT2D eigenvalue weighted by Crippen LogP contribution is -2.28. The quantitative estimate of drug-likeness (QED) is 0.731. The zero-order valence-electron chi connectivity index (χ0n) is 11.4. The standard InChI is InChI=1S/C12H20N2O4S2/c1-2-3-10-19(15,16)14-9-8-11-4-6-12(7-5-11)20(13,17)18/h4-7,14H,2-3,8-10H2,1H3,(H2,13,17,18). The third-order valence-corrected chi connectivity index (χ3v) is 5.15. The minimum atomic E-state index is -3.69. The van der Waals surface area contributed by atoms with Gasteiger partial charge in [-0.15, -0.1) is 0 Å². The minimum Gasteiger partial charge on any atom is -0.225 e. The Balaban J connectivity index is 2.51. The summed E-state index contributed by atoms with van der Waals surface area (Å²) in [4.78, 5) is 0.0461. The second-order valence-corrected chi connectivity index (χ2v) is 7.99. The molecule has 0 aliphatic heterocycles. The molecule has 20 heavy (non-hydrogen) atoms. The van der Waals surface area contributed by atoms with E-state index in [9.17, 15) is 16.8 Å². The molecule has 0 unspecified atom stereocenters. The number of rotatable bonds is 8. The predicted octanol–water partition coefficient (Wildman–Crippen LogP) is 0.596. The van der Waals surface area contributed by atoms with Crippen molar-refractivity contribution in [3.63, 3.8) is 0 Å². The molecule has 0 fully saturated rings. The van der Waals surface area contributed by atoms with E-state index in [1.165, 1.54) is 12.1 Å². The lowest BCUT2D eigenvalue weighted by molar-refractivity contribution is 0.578. The Morgan fingerprint density at radius 1 is 1.10 bits per heavy atom. The number of primary sulfonamides is 1. The van der Waals surface area contributed by atoms with Crippen LogP contribution >= 0.6 is 0 Å². The van der Waals surface area contributed by atoms with Gasteiger partial charge < -0.3 is 0 Å². The Hall–Kier alpha value is -0.960. The van der Waals surface area contributed by atoms with Crippen LogP contribution in [0.1, 0.15) is 25.3 Å². The van der Waals surface area contributed by atoms with E-state index in [-0.39, 0.29) is 10.6 Å². The first-order valence-corrected chi connectivity index (χ1v) is 9.53. The van der Waals surface area contributed by atoms with Gasteiger partial charge in [-0.1, -0.05) is 25.5 Å². The highest BCUT2D eigenvalue weighted by molar-refractivity contribution is 7.89. The van der Waals surface area contributed by atoms with Crippen molar-refractivity contribution in [2.45, 2.75) is 31.1 Å². The van der Waals surface area contributed by atoms with Crippen LogP contribution in [-0.2, 0) is 26.5 Å². The Morgan fingerprint density at radius 2 is 1.70 bits per heavy atom. The van der Waals surface area contributed by atoms with E-state index in [2.05, 4.69) is 4.72 Å². The molecular formula is C12H20N2O4S2. The smallest absolute Gasteiger partial charge is 0.225 e. The first-order chi connectivity index (χ1) is 9.24. The van der Waals surface area contributed by atoms with E-state index in [1.54, 1.807) is 12.1 Å². The molecule has 0 saturated carbocycles. The zero-order valence-corrected chi connectivity index (χ0v) is 13.0. The van der Waals surface area contributed by atoms with Gasteiger partial charge in [0.2, 0.25) is 20.0 Å². The van der Waals surface area contributed by atoms with Gasteiger partial charge in [0.05, 0.1) is 10.6 Å². The first kappa shape index (κ1) is 17.1. The molecule has 0 aromatic heterocycles. The number of hydrogen-bond donors (Lipinski definition) is 2. The highest BCUT2D eigenvalue weighted by Gasteiger charge is 2.09. The van der Waals surface area contributed by atoms with E-state index in [1.807, 2.05) is 6.92 Å². The molecule has 0 spiro atoms. The molecule has 0 saturated heterocycles. The summed E-state index contributed by atoms with van der Waals surface area (Å²) in [6.07, 6.45) is 1.96. The highest BCUT2D eigenvalue weighted by atomic mass is 32.2. The monoisotopic (exact) mass is 320 g/mol. The van der Waals surface area contributed by atoms with Crippen molar-refractivity contribution in [1.29, 1.82) is 0 Å². The SMILES string of the molecule is CCCCS(=O)(=O)NCCc1ccc(S(N)(=O)=O)cc1. The summed E-state index contributed by atoms with van der Waals surface area (Å²) in [5.74, 6) is 0.133. The summed E-state index contributed by atoms with van der Waals surface area (Å²) < 4.78 is 47.8. The zero-order chi connectivity index (χ0) is 15.2. The lowest BCUT2D eigenvalue weighted by Gasteiger charge is -2.06. The van der Waals surface area contributed by atoms with Gasteiger partial charge in [0.15, 0.2) is 0 Å². The molecule has 0 amide bonds. The van der Waals surface area contributed by atoms with Crippen LogP contribution in [0.4, 0.5) is 0 Å². The van der Waals surface area contributed by atoms with Gasteiger partial charge in [-0.2, -0.15) is 0 Å². The van der Waals surface area contributed by atoms with Gasteiger partial charge in [0.25, 0.3) is 0 Å². The topological polar surface area (TPSA) is 106 Å². The van der Waals surface area contributed by atoms with Gasteiger partial charge in [-0.3, -0.25) is 0 Å². The number of nitrogens with two attached hydrogens (primary N) is 1. The van der Waals surface area contributed by atoms with Gasteiger partial charge >= 0.3 is 0 Å². The highest BCUT2D eigenvalue weighted by Crippen LogP contribution is 2.09. The summed E-state index contributed by atoms with van der Waals surface area (Å²) in [6.45, 7) is 2.23. The van der Waals surface area contributed by atoms with Crippen molar-refractivity contribution >= 4 is 20.0 Å². The molecule has 114 valence electrons. The Morgan fingerprint density at radius 3 is 2.20 bits per heavy atom. The third kappa shape index (κ3) is 6.00. The maximum atomic E-state index is 11.6. The summed E-state index contributed by atoms with van der Waals surface area (Å²) in [5, 5.41) is 4.99. The van der Waals surface area contributed by atoms with Crippen LogP contribution in [-0.4, -0.2) is 29.1 Å². The fraction of sp³-hybridized carbons (Fsp3) is 0.500. The average Bonchev–Trinajstić information content (AvgIpc) is 2.36. The minimum absolute atomic E-state index is 0.0461. The number of nitrogens with one attached hydrogen (secondary N) is 1. The van der Waals surface area contributed by atoms with Crippen molar-refractivity contribution in [2.24, 2.45) is 5.14 Å². The van der Waals surface area contributed by atoms with Crippen LogP contribution in [0.5, 0.6) is 0 Å². The van der Waals surface area contributed by atoms with Crippen molar-refractivity contribution < 1.29 is 16.8 Å². The molecule has 0 atom stereocenters. The Kier molecular flexibility index (Phi) is 6.12. The molecule has 0 aliphatic rings. The van der Waals surface area contributed by atoms with Crippen molar-refractivity contribution in [1.82, 2.24) is 4.72 Å². The molecule has 0 aliphatic carbocycles. The molecule has 1 aromatic rings. The maximum Gasteiger partial charge on any atom is 0.238 e. The second-order valence-electron chi connectivity index (χ2n) is 4.51. The lowest BCUT2D eigenvalue weighted by atomic mass is 10.2. The number of benzene rings is 1. The molecule has 0 heterocycles. The summed E-state index contributed by atoms with van der Waals surface area (Å²) in [7, 11) is -6.90. The number of unbranched alkanes of at least 4 members (excludes halogenated alkanes) is 1. The van der Waals surface area contributed by atoms with E-state index < -0.39 is 20.0 Å². The summed E-state index contributed by atoms with van der Waals surface area (Å²) >= 11 is 0. The first-order valence-electron chi connectivity index (χ1n) is 6.33. The largest absolute Gasteiger partial charge is 0.238 e. The third-order valence-electron chi connectivity index (χ3n) is 2.75. The van der Waals surface area contributed by atoms with Crippen molar-refractivity contribution in [3.05, 3.63) is 29.8 Å². The normalized spacial score (nSPS) is 12.5. The average molecular weight is 320 g/mol. The molecule has 1 aromatic carbocycles. The fourth-order valence-electron chi connectivity index (χ4n) is 1.60. The van der Waals surface area contributed by atoms with Crippen LogP contribution in [0, 0.1) is 0 Å². The van der Waals surface area contributed by atoms with Gasteiger partial charge in [-0.05, 0) is 30.5 Å². The molecule has 0 bridgehead atoms. The Bertz CT molecular complexity index is 622. The van der Waals surface area contributed by atoms with Crippen molar-refractivity contribution in [3.8, 4) is 0 Å². The molecule has 3 N–H and O–H groups in total. The molecule has 6 nitrogen and oxygen atoms in total. The molecule has 0 radical (unpaired) electrons. The number of hydrogen-bond acceptors (Lipinski definition) is 4. The second kappa shape index (κ2) is 7.16. The molecular weight excluding hydrogens is 300 g/mol. The summed E-state index contributed by atoms with van der Waals surface area (Å²) in [5.41, 5.74) is 0.843. The van der Waals surface area contributed by atoms with E-state index >= 15 is 0 Å². The van der Waals surface area contributed by atoms with Crippen molar-refractivity contribution in [2.75, 3.05) is 12.3 Å². The maximum absolute atomic E-state index is 11.6. The van der Waals surface area contributed by atoms with E-state index in [0.717, 1.165) is 12.0 Å². The molecule has 1 rings (SSSR count). The van der Waals surface area contributed by atoms with Crippen LogP contribution in [0.2, 0.25) is 0 Å².